The Bertz CT molecular complexity index is 1020. The number of aromatic nitrogens is 1. The Morgan fingerprint density at radius 3 is 2.22 bits per heavy atom. The van der Waals surface area contributed by atoms with Crippen molar-refractivity contribution in [3.8, 4) is 16.3 Å². The molecule has 2 heterocycles. The highest BCUT2D eigenvalue weighted by Crippen LogP contribution is 2.27. The number of thiazole rings is 1. The van der Waals surface area contributed by atoms with Crippen molar-refractivity contribution < 1.29 is 24.0 Å². The molecule has 134 valence electrons. The van der Waals surface area contributed by atoms with Gasteiger partial charge in [-0.05, 0) is 36.4 Å². The molecule has 0 saturated carbocycles. The summed E-state index contributed by atoms with van der Waals surface area (Å²) in [4.78, 5) is 46.1. The molecule has 0 saturated heterocycles. The minimum absolute atomic E-state index is 0.0161. The van der Waals surface area contributed by atoms with Gasteiger partial charge in [-0.1, -0.05) is 17.2 Å². The first-order valence-corrected chi connectivity index (χ1v) is 8.76. The van der Waals surface area contributed by atoms with E-state index in [1.807, 2.05) is 12.1 Å². The molecule has 1 aliphatic heterocycles. The number of hydroxylamine groups is 2. The van der Waals surface area contributed by atoms with E-state index >= 15 is 0 Å². The minimum Gasteiger partial charge on any atom is -0.497 e. The topological polar surface area (TPSA) is 85.8 Å². The van der Waals surface area contributed by atoms with Gasteiger partial charge in [-0.2, -0.15) is 0 Å². The number of carbonyl (C=O) groups excluding carboxylic acids is 3. The van der Waals surface area contributed by atoms with E-state index in [0.29, 0.717) is 15.8 Å². The number of imide groups is 1. The van der Waals surface area contributed by atoms with Gasteiger partial charge in [0.1, 0.15) is 10.8 Å². The Labute approximate surface area is 157 Å². The predicted molar refractivity (Wildman–Crippen MR) is 96.5 cm³/mol. The first kappa shape index (κ1) is 16.9. The van der Waals surface area contributed by atoms with Crippen LogP contribution in [0.1, 0.15) is 31.2 Å². The van der Waals surface area contributed by atoms with Crippen molar-refractivity contribution in [3.05, 3.63) is 70.7 Å². The molecule has 0 fully saturated rings. The molecule has 1 aromatic heterocycles. The summed E-state index contributed by atoms with van der Waals surface area (Å²) in [5.41, 5.74) is 1.22. The highest BCUT2D eigenvalue weighted by Gasteiger charge is 2.39. The van der Waals surface area contributed by atoms with Crippen LogP contribution in [0.5, 0.6) is 5.75 Å². The van der Waals surface area contributed by atoms with E-state index in [1.165, 1.54) is 28.8 Å². The Hall–Kier alpha value is -3.52. The zero-order valence-electron chi connectivity index (χ0n) is 14.0. The highest BCUT2D eigenvalue weighted by atomic mass is 32.1. The maximum atomic E-state index is 12.3. The second-order valence-corrected chi connectivity index (χ2v) is 6.45. The van der Waals surface area contributed by atoms with Crippen molar-refractivity contribution in [1.29, 1.82) is 0 Å². The Kier molecular flexibility index (Phi) is 4.17. The van der Waals surface area contributed by atoms with Crippen molar-refractivity contribution in [1.82, 2.24) is 10.0 Å². The van der Waals surface area contributed by atoms with E-state index < -0.39 is 17.8 Å². The number of hydrogen-bond acceptors (Lipinski definition) is 7. The monoisotopic (exact) mass is 380 g/mol. The number of amides is 2. The summed E-state index contributed by atoms with van der Waals surface area (Å²) in [6.07, 6.45) is 0. The molecule has 8 heteroatoms. The fraction of sp³-hybridized carbons (Fsp3) is 0.0526. The second-order valence-electron chi connectivity index (χ2n) is 5.60. The lowest BCUT2D eigenvalue weighted by Crippen LogP contribution is -2.32. The number of benzene rings is 2. The van der Waals surface area contributed by atoms with Crippen molar-refractivity contribution >= 4 is 29.1 Å². The standard InChI is InChI=1S/C19H12N2O5S/c1-25-12-8-6-11(7-9-12)16-20-15(10-27-16)19(24)26-21-17(22)13-4-2-3-5-14(13)18(21)23/h2-10H,1H3. The summed E-state index contributed by atoms with van der Waals surface area (Å²) in [7, 11) is 1.58. The smallest absolute Gasteiger partial charge is 0.383 e. The number of nitrogens with zero attached hydrogens (tertiary/aromatic N) is 2. The van der Waals surface area contributed by atoms with Gasteiger partial charge in [0.05, 0.1) is 18.2 Å². The third-order valence-corrected chi connectivity index (χ3v) is 4.87. The molecule has 0 N–H and O–H groups in total. The quantitative estimate of drug-likeness (QED) is 0.646. The van der Waals surface area contributed by atoms with E-state index in [1.54, 1.807) is 31.4 Å². The molecule has 1 aliphatic rings. The van der Waals surface area contributed by atoms with E-state index in [9.17, 15) is 14.4 Å². The maximum Gasteiger partial charge on any atom is 0.383 e. The molecule has 0 bridgehead atoms. The molecule has 0 unspecified atom stereocenters. The predicted octanol–water partition coefficient (Wildman–Crippen LogP) is 3.19. The molecule has 0 atom stereocenters. The molecule has 0 spiro atoms. The lowest BCUT2D eigenvalue weighted by molar-refractivity contribution is -0.0587. The van der Waals surface area contributed by atoms with E-state index in [0.717, 1.165) is 5.56 Å². The number of fused-ring (bicyclic) bond motifs is 1. The first-order chi connectivity index (χ1) is 13.1. The number of ether oxygens (including phenoxy) is 1. The molecule has 3 aromatic rings. The van der Waals surface area contributed by atoms with Gasteiger partial charge in [-0.15, -0.1) is 11.3 Å². The molecule has 27 heavy (non-hydrogen) atoms. The van der Waals surface area contributed by atoms with Gasteiger partial charge < -0.3 is 9.57 Å². The largest absolute Gasteiger partial charge is 0.497 e. The fourth-order valence-electron chi connectivity index (χ4n) is 2.61. The van der Waals surface area contributed by atoms with Crippen LogP contribution in [-0.4, -0.2) is 34.9 Å². The first-order valence-electron chi connectivity index (χ1n) is 7.88. The third kappa shape index (κ3) is 2.96. The molecule has 7 nitrogen and oxygen atoms in total. The van der Waals surface area contributed by atoms with Gasteiger partial charge in [0.15, 0.2) is 5.69 Å². The van der Waals surface area contributed by atoms with Crippen LogP contribution in [0.3, 0.4) is 0 Å². The van der Waals surface area contributed by atoms with Crippen LogP contribution in [0, 0.1) is 0 Å². The number of methoxy groups -OCH3 is 1. The lowest BCUT2D eigenvalue weighted by atomic mass is 10.1. The zero-order chi connectivity index (χ0) is 19.0. The molecular weight excluding hydrogens is 368 g/mol. The molecule has 0 radical (unpaired) electrons. The van der Waals surface area contributed by atoms with Crippen molar-refractivity contribution in [2.45, 2.75) is 0 Å². The van der Waals surface area contributed by atoms with Crippen molar-refractivity contribution in [3.63, 3.8) is 0 Å². The summed E-state index contributed by atoms with van der Waals surface area (Å²) in [5, 5.41) is 2.59. The number of carbonyl (C=O) groups is 3. The maximum absolute atomic E-state index is 12.3. The van der Waals surface area contributed by atoms with Gasteiger partial charge in [0.25, 0.3) is 11.8 Å². The highest BCUT2D eigenvalue weighted by molar-refractivity contribution is 7.13. The average molecular weight is 380 g/mol. The number of hydrogen-bond donors (Lipinski definition) is 0. The van der Waals surface area contributed by atoms with Gasteiger partial charge in [0, 0.05) is 10.9 Å². The Morgan fingerprint density at radius 1 is 1.00 bits per heavy atom. The van der Waals surface area contributed by atoms with Gasteiger partial charge in [0.2, 0.25) is 0 Å². The van der Waals surface area contributed by atoms with Gasteiger partial charge in [-0.3, -0.25) is 9.59 Å². The Morgan fingerprint density at radius 2 is 1.63 bits per heavy atom. The van der Waals surface area contributed by atoms with E-state index in [2.05, 4.69) is 4.98 Å². The SMILES string of the molecule is COc1ccc(-c2nc(C(=O)ON3C(=O)c4ccccc4C3=O)cs2)cc1. The van der Waals surface area contributed by atoms with Crippen LogP contribution in [0.25, 0.3) is 10.6 Å². The minimum atomic E-state index is -0.875. The molecule has 2 aromatic carbocycles. The lowest BCUT2D eigenvalue weighted by Gasteiger charge is -2.11. The zero-order valence-corrected chi connectivity index (χ0v) is 14.9. The van der Waals surface area contributed by atoms with Gasteiger partial charge >= 0.3 is 5.97 Å². The molecule has 2 amide bonds. The van der Waals surface area contributed by atoms with Crippen LogP contribution in [0.15, 0.2) is 53.9 Å². The average Bonchev–Trinajstić information content (AvgIpc) is 3.29. The summed E-state index contributed by atoms with van der Waals surface area (Å²) >= 11 is 1.25. The Balaban J connectivity index is 1.52. The van der Waals surface area contributed by atoms with Crippen LogP contribution < -0.4 is 4.74 Å². The number of rotatable bonds is 4. The molecule has 0 aliphatic carbocycles. The third-order valence-electron chi connectivity index (χ3n) is 3.98. The van der Waals surface area contributed by atoms with E-state index in [-0.39, 0.29) is 16.8 Å². The summed E-state index contributed by atoms with van der Waals surface area (Å²) in [5.74, 6) is -1.51. The normalized spacial score (nSPS) is 12.9. The summed E-state index contributed by atoms with van der Waals surface area (Å²) in [6, 6.07) is 13.5. The van der Waals surface area contributed by atoms with E-state index in [4.69, 9.17) is 9.57 Å². The van der Waals surface area contributed by atoms with Crippen LogP contribution in [0.4, 0.5) is 0 Å². The second kappa shape index (κ2) is 6.65. The van der Waals surface area contributed by atoms with Crippen LogP contribution >= 0.6 is 11.3 Å². The molecule has 4 rings (SSSR count). The summed E-state index contributed by atoms with van der Waals surface area (Å²) in [6.45, 7) is 0. The fourth-order valence-corrected chi connectivity index (χ4v) is 3.41. The van der Waals surface area contributed by atoms with Crippen molar-refractivity contribution in [2.24, 2.45) is 0 Å². The van der Waals surface area contributed by atoms with Crippen LogP contribution in [0.2, 0.25) is 0 Å². The summed E-state index contributed by atoms with van der Waals surface area (Å²) < 4.78 is 5.11. The van der Waals surface area contributed by atoms with Gasteiger partial charge in [-0.25, -0.2) is 9.78 Å². The van der Waals surface area contributed by atoms with Crippen molar-refractivity contribution in [2.75, 3.05) is 7.11 Å². The molecular formula is C19H12N2O5S. The van der Waals surface area contributed by atoms with Crippen LogP contribution in [-0.2, 0) is 4.84 Å².